The van der Waals surface area contributed by atoms with E-state index in [0.717, 1.165) is 0 Å². The smallest absolute Gasteiger partial charge is 0.343 e. The van der Waals surface area contributed by atoms with Gasteiger partial charge in [0.25, 0.3) is 0 Å². The molecule has 242 valence electrons. The molecule has 0 saturated heterocycles. The molecule has 0 bridgehead atoms. The molecule has 0 heterocycles. The Hall–Kier alpha value is -5.38. The van der Waals surface area contributed by atoms with Crippen LogP contribution in [0.15, 0.2) is 97.1 Å². The molecule has 3 aromatic carbocycles. The third-order valence-corrected chi connectivity index (χ3v) is 6.20. The number of carbonyl (C=O) groups is 4. The molecule has 0 aromatic heterocycles. The van der Waals surface area contributed by atoms with Gasteiger partial charge < -0.3 is 28.4 Å². The van der Waals surface area contributed by atoms with E-state index < -0.39 is 23.9 Å². The topological polar surface area (TPSA) is 124 Å². The molecule has 0 spiro atoms. The van der Waals surface area contributed by atoms with Crippen molar-refractivity contribution in [2.24, 2.45) is 0 Å². The SMILES string of the molecule is C=C(C)C(=O)OCCCCOc1ccc(C(=O)Oc2ccc(OC(=O)c3ccc(OCCCCOC(=O)C(=C)C)cc3)cc2)cc1. The number of esters is 4. The summed E-state index contributed by atoms with van der Waals surface area (Å²) in [5.74, 6) is -0.147. The summed E-state index contributed by atoms with van der Waals surface area (Å²) in [6, 6.07) is 19.2. The van der Waals surface area contributed by atoms with E-state index >= 15 is 0 Å². The molecule has 10 nitrogen and oxygen atoms in total. The summed E-state index contributed by atoms with van der Waals surface area (Å²) in [6.07, 6.45) is 2.70. The normalized spacial score (nSPS) is 10.3. The number of unbranched alkanes of at least 4 members (excludes halogenated alkanes) is 2. The number of carbonyl (C=O) groups excluding carboxylic acids is 4. The minimum Gasteiger partial charge on any atom is -0.494 e. The van der Waals surface area contributed by atoms with Gasteiger partial charge in [-0.05, 0) is 112 Å². The van der Waals surface area contributed by atoms with Crippen LogP contribution in [0.3, 0.4) is 0 Å². The summed E-state index contributed by atoms with van der Waals surface area (Å²) in [4.78, 5) is 47.8. The number of benzene rings is 3. The standard InChI is InChI=1S/C36H38O10/c1-25(2)33(37)43-23-7-5-21-41-29-13-9-27(10-14-29)35(39)45-31-17-19-32(20-18-31)46-36(40)28-11-15-30(16-12-28)42-22-6-8-24-44-34(38)26(3)4/h9-20H,1,3,5-8,21-24H2,2,4H3. The van der Waals surface area contributed by atoms with Crippen LogP contribution in [0.4, 0.5) is 0 Å². The molecule has 0 aliphatic carbocycles. The number of rotatable bonds is 18. The Morgan fingerprint density at radius 1 is 0.478 bits per heavy atom. The summed E-state index contributed by atoms with van der Waals surface area (Å²) < 4.78 is 32.3. The minimum absolute atomic E-state index is 0.285. The number of hydrogen-bond donors (Lipinski definition) is 0. The maximum absolute atomic E-state index is 12.6. The molecule has 46 heavy (non-hydrogen) atoms. The summed E-state index contributed by atoms with van der Waals surface area (Å²) in [5.41, 5.74) is 1.41. The molecule has 0 amide bonds. The molecule has 0 aliphatic heterocycles. The van der Waals surface area contributed by atoms with Gasteiger partial charge in [-0.25, -0.2) is 19.2 Å². The van der Waals surface area contributed by atoms with Gasteiger partial charge in [-0.1, -0.05) is 13.2 Å². The Labute approximate surface area is 268 Å². The molecule has 0 N–H and O–H groups in total. The fraction of sp³-hybridized carbons (Fsp3) is 0.278. The maximum atomic E-state index is 12.6. The monoisotopic (exact) mass is 630 g/mol. The number of ether oxygens (including phenoxy) is 6. The third-order valence-electron chi connectivity index (χ3n) is 6.20. The second kappa shape index (κ2) is 18.4. The van der Waals surface area contributed by atoms with Gasteiger partial charge in [-0.2, -0.15) is 0 Å². The highest BCUT2D eigenvalue weighted by molar-refractivity contribution is 5.92. The van der Waals surface area contributed by atoms with Gasteiger partial charge in [0, 0.05) is 11.1 Å². The van der Waals surface area contributed by atoms with Crippen LogP contribution in [0.25, 0.3) is 0 Å². The quantitative estimate of drug-likeness (QED) is 0.0651. The average Bonchev–Trinajstić information content (AvgIpc) is 3.05. The first-order valence-corrected chi connectivity index (χ1v) is 14.8. The third kappa shape index (κ3) is 12.3. The van der Waals surface area contributed by atoms with Crippen molar-refractivity contribution in [3.8, 4) is 23.0 Å². The van der Waals surface area contributed by atoms with E-state index in [-0.39, 0.29) is 11.5 Å². The van der Waals surface area contributed by atoms with Gasteiger partial charge in [0.05, 0.1) is 37.6 Å². The summed E-state index contributed by atoms with van der Waals surface area (Å²) in [7, 11) is 0. The van der Waals surface area contributed by atoms with Crippen molar-refractivity contribution in [2.45, 2.75) is 39.5 Å². The Bertz CT molecular complexity index is 1370. The molecule has 0 fully saturated rings. The van der Waals surface area contributed by atoms with Gasteiger partial charge in [0.2, 0.25) is 0 Å². The van der Waals surface area contributed by atoms with Gasteiger partial charge in [-0.3, -0.25) is 0 Å². The van der Waals surface area contributed by atoms with Crippen molar-refractivity contribution in [2.75, 3.05) is 26.4 Å². The highest BCUT2D eigenvalue weighted by Crippen LogP contribution is 2.21. The molecule has 0 unspecified atom stereocenters. The zero-order chi connectivity index (χ0) is 33.3. The predicted octanol–water partition coefficient (Wildman–Crippen LogP) is 6.68. The van der Waals surface area contributed by atoms with Gasteiger partial charge in [0.1, 0.15) is 23.0 Å². The van der Waals surface area contributed by atoms with Crippen molar-refractivity contribution < 1.29 is 47.6 Å². The average molecular weight is 631 g/mol. The Kier molecular flexibility index (Phi) is 14.1. The molecule has 3 rings (SSSR count). The lowest BCUT2D eigenvalue weighted by molar-refractivity contribution is -0.139. The second-order valence-corrected chi connectivity index (χ2v) is 10.2. The Morgan fingerprint density at radius 3 is 1.11 bits per heavy atom. The van der Waals surface area contributed by atoms with Crippen LogP contribution < -0.4 is 18.9 Å². The lowest BCUT2D eigenvalue weighted by Crippen LogP contribution is -2.10. The summed E-state index contributed by atoms with van der Waals surface area (Å²) in [6.45, 7) is 11.7. The fourth-order valence-electron chi connectivity index (χ4n) is 3.65. The molecule has 0 radical (unpaired) electrons. The summed E-state index contributed by atoms with van der Waals surface area (Å²) in [5, 5.41) is 0. The maximum Gasteiger partial charge on any atom is 0.343 e. The first-order chi connectivity index (χ1) is 22.1. The van der Waals surface area contributed by atoms with Crippen molar-refractivity contribution in [3.63, 3.8) is 0 Å². The molecule has 0 aliphatic rings. The first-order valence-electron chi connectivity index (χ1n) is 14.8. The van der Waals surface area contributed by atoms with Crippen molar-refractivity contribution in [1.82, 2.24) is 0 Å². The zero-order valence-electron chi connectivity index (χ0n) is 26.1. The van der Waals surface area contributed by atoms with E-state index in [9.17, 15) is 19.2 Å². The van der Waals surface area contributed by atoms with Crippen molar-refractivity contribution in [1.29, 1.82) is 0 Å². The highest BCUT2D eigenvalue weighted by atomic mass is 16.5. The summed E-state index contributed by atoms with van der Waals surface area (Å²) >= 11 is 0. The van der Waals surface area contributed by atoms with E-state index in [1.165, 1.54) is 24.3 Å². The van der Waals surface area contributed by atoms with Gasteiger partial charge in [0.15, 0.2) is 0 Å². The molecule has 3 aromatic rings. The van der Waals surface area contributed by atoms with Crippen LogP contribution in [0.5, 0.6) is 23.0 Å². The van der Waals surface area contributed by atoms with Gasteiger partial charge in [-0.15, -0.1) is 0 Å². The van der Waals surface area contributed by atoms with E-state index in [0.29, 0.717) is 85.9 Å². The minimum atomic E-state index is -0.552. The zero-order valence-corrected chi connectivity index (χ0v) is 26.1. The Morgan fingerprint density at radius 2 is 0.783 bits per heavy atom. The van der Waals surface area contributed by atoms with Crippen LogP contribution in [0.2, 0.25) is 0 Å². The lowest BCUT2D eigenvalue weighted by atomic mass is 10.2. The lowest BCUT2D eigenvalue weighted by Gasteiger charge is -2.09. The molecular weight excluding hydrogens is 592 g/mol. The van der Waals surface area contributed by atoms with Crippen LogP contribution in [-0.2, 0) is 19.1 Å². The van der Waals surface area contributed by atoms with Crippen molar-refractivity contribution in [3.05, 3.63) is 108 Å². The van der Waals surface area contributed by atoms with Gasteiger partial charge >= 0.3 is 23.9 Å². The first kappa shape index (κ1) is 35.1. The van der Waals surface area contributed by atoms with E-state index in [4.69, 9.17) is 28.4 Å². The van der Waals surface area contributed by atoms with Crippen LogP contribution in [-0.4, -0.2) is 50.3 Å². The number of hydrogen-bond acceptors (Lipinski definition) is 10. The predicted molar refractivity (Wildman–Crippen MR) is 170 cm³/mol. The van der Waals surface area contributed by atoms with Crippen molar-refractivity contribution >= 4 is 23.9 Å². The van der Waals surface area contributed by atoms with Crippen LogP contribution in [0.1, 0.15) is 60.2 Å². The molecular formula is C36H38O10. The molecule has 0 atom stereocenters. The van der Waals surface area contributed by atoms with E-state index in [2.05, 4.69) is 13.2 Å². The van der Waals surface area contributed by atoms with Crippen LogP contribution in [0, 0.1) is 0 Å². The molecule has 10 heteroatoms. The highest BCUT2D eigenvalue weighted by Gasteiger charge is 2.12. The largest absolute Gasteiger partial charge is 0.494 e. The van der Waals surface area contributed by atoms with E-state index in [1.54, 1.807) is 62.4 Å². The van der Waals surface area contributed by atoms with E-state index in [1.807, 2.05) is 0 Å². The Balaban J connectivity index is 1.36. The second-order valence-electron chi connectivity index (χ2n) is 10.2. The van der Waals surface area contributed by atoms with Crippen LogP contribution >= 0.6 is 0 Å². The molecule has 0 saturated carbocycles. The fourth-order valence-corrected chi connectivity index (χ4v) is 3.65.